The number of aromatic nitrogens is 3. The Morgan fingerprint density at radius 1 is 1.29 bits per heavy atom. The summed E-state index contributed by atoms with van der Waals surface area (Å²) in [6.45, 7) is 5.25. The fraction of sp³-hybridized carbons (Fsp3) is 0.455. The van der Waals surface area contributed by atoms with Gasteiger partial charge in [-0.25, -0.2) is 9.50 Å². The molecule has 9 heteroatoms. The van der Waals surface area contributed by atoms with Crippen LogP contribution in [-0.4, -0.2) is 57.7 Å². The number of benzene rings is 1. The Morgan fingerprint density at radius 3 is 2.94 bits per heavy atom. The Morgan fingerprint density at radius 2 is 2.13 bits per heavy atom. The molecule has 0 radical (unpaired) electrons. The van der Waals surface area contributed by atoms with Gasteiger partial charge in [0.25, 0.3) is 0 Å². The van der Waals surface area contributed by atoms with Gasteiger partial charge in [0.05, 0.1) is 28.8 Å². The van der Waals surface area contributed by atoms with E-state index < -0.39 is 6.23 Å². The number of nitrogens with zero attached hydrogens (tertiary/aromatic N) is 4. The molecule has 1 aromatic carbocycles. The second kappa shape index (κ2) is 8.24. The van der Waals surface area contributed by atoms with Crippen LogP contribution in [-0.2, 0) is 0 Å². The molecule has 2 aromatic heterocycles. The molecule has 5 rings (SSSR count). The number of aliphatic hydroxyl groups excluding tert-OH is 2. The number of nitrogens with one attached hydrogen (secondary N) is 2. The molecular formula is C22H28N6O3. The normalized spacial score (nSPS) is 17.7. The van der Waals surface area contributed by atoms with Crippen molar-refractivity contribution in [2.24, 2.45) is 5.92 Å². The molecule has 2 aliphatic rings. The molecule has 1 saturated heterocycles. The van der Waals surface area contributed by atoms with E-state index in [1.807, 2.05) is 25.3 Å². The van der Waals surface area contributed by atoms with Crippen molar-refractivity contribution < 1.29 is 14.9 Å². The number of aryl methyl sites for hydroxylation is 1. The summed E-state index contributed by atoms with van der Waals surface area (Å²) < 4.78 is 7.53. The van der Waals surface area contributed by atoms with Crippen LogP contribution in [0, 0.1) is 12.8 Å². The van der Waals surface area contributed by atoms with E-state index in [1.165, 1.54) is 0 Å². The fourth-order valence-corrected chi connectivity index (χ4v) is 4.31. The highest BCUT2D eigenvalue weighted by molar-refractivity contribution is 5.80. The van der Waals surface area contributed by atoms with Gasteiger partial charge in [-0.2, -0.15) is 5.10 Å². The highest BCUT2D eigenvalue weighted by Crippen LogP contribution is 2.41. The van der Waals surface area contributed by atoms with Gasteiger partial charge in [0.15, 0.2) is 11.9 Å². The third-order valence-electron chi connectivity index (χ3n) is 6.09. The van der Waals surface area contributed by atoms with Crippen LogP contribution in [0.1, 0.15) is 30.2 Å². The predicted molar refractivity (Wildman–Crippen MR) is 119 cm³/mol. The van der Waals surface area contributed by atoms with Gasteiger partial charge in [0, 0.05) is 44.7 Å². The highest BCUT2D eigenvalue weighted by Gasteiger charge is 2.25. The molecule has 0 spiro atoms. The second-order valence-electron chi connectivity index (χ2n) is 8.30. The summed E-state index contributed by atoms with van der Waals surface area (Å²) in [5.41, 5.74) is 4.95. The van der Waals surface area contributed by atoms with Crippen LogP contribution < -0.4 is 20.3 Å². The quantitative estimate of drug-likeness (QED) is 0.462. The highest BCUT2D eigenvalue weighted by atomic mass is 16.5. The smallest absolute Gasteiger partial charge is 0.162 e. The number of anilines is 3. The first-order valence-corrected chi connectivity index (χ1v) is 10.8. The van der Waals surface area contributed by atoms with Gasteiger partial charge >= 0.3 is 0 Å². The number of rotatable bonds is 5. The molecule has 1 atom stereocenters. The summed E-state index contributed by atoms with van der Waals surface area (Å²) >= 11 is 0. The summed E-state index contributed by atoms with van der Waals surface area (Å²) in [5, 5.41) is 31.5. The second-order valence-corrected chi connectivity index (χ2v) is 8.30. The first-order valence-electron chi connectivity index (χ1n) is 10.8. The van der Waals surface area contributed by atoms with Crippen molar-refractivity contribution in [3.63, 3.8) is 0 Å². The lowest BCUT2D eigenvalue weighted by Crippen LogP contribution is -2.35. The third kappa shape index (κ3) is 3.86. The van der Waals surface area contributed by atoms with Crippen LogP contribution in [0.5, 0.6) is 5.75 Å². The van der Waals surface area contributed by atoms with Gasteiger partial charge in [-0.1, -0.05) is 0 Å². The summed E-state index contributed by atoms with van der Waals surface area (Å²) in [6, 6.07) is 4.03. The van der Waals surface area contributed by atoms with E-state index in [9.17, 15) is 10.2 Å². The Balaban J connectivity index is 1.46. The molecular weight excluding hydrogens is 396 g/mol. The van der Waals surface area contributed by atoms with E-state index in [2.05, 4.69) is 25.6 Å². The van der Waals surface area contributed by atoms with Crippen molar-refractivity contribution in [3.8, 4) is 5.75 Å². The molecule has 0 aliphatic carbocycles. The largest absolute Gasteiger partial charge is 0.490 e. The molecule has 9 nitrogen and oxygen atoms in total. The number of hydrogen-bond acceptors (Lipinski definition) is 8. The zero-order valence-corrected chi connectivity index (χ0v) is 17.6. The van der Waals surface area contributed by atoms with Crippen LogP contribution >= 0.6 is 0 Å². The maximum Gasteiger partial charge on any atom is 0.162 e. The first kappa shape index (κ1) is 19.9. The van der Waals surface area contributed by atoms with Crippen molar-refractivity contribution in [1.82, 2.24) is 14.6 Å². The minimum atomic E-state index is -0.969. The standard InChI is InChI=1S/C22H28N6O3/c1-14-10-24-21-16(11-25-28(21)12-14)22(30)26-17-8-18-20(31-7-4-23-18)9-19(17)27-5-2-15(13-29)3-6-27/h8-12,15,22-23,26,29-30H,2-7,13H2,1H3. The molecule has 4 N–H and O–H groups in total. The molecule has 164 valence electrons. The topological polar surface area (TPSA) is 107 Å². The van der Waals surface area contributed by atoms with Gasteiger partial charge < -0.3 is 30.5 Å². The van der Waals surface area contributed by atoms with Crippen LogP contribution in [0.25, 0.3) is 5.65 Å². The zero-order chi connectivity index (χ0) is 21.4. The molecule has 1 fully saturated rings. The molecule has 3 aromatic rings. The van der Waals surface area contributed by atoms with Crippen molar-refractivity contribution in [1.29, 1.82) is 0 Å². The van der Waals surface area contributed by atoms with E-state index in [-0.39, 0.29) is 6.61 Å². The zero-order valence-electron chi connectivity index (χ0n) is 17.6. The van der Waals surface area contributed by atoms with Gasteiger partial charge in [0.2, 0.25) is 0 Å². The van der Waals surface area contributed by atoms with Gasteiger partial charge in [-0.05, 0) is 37.3 Å². The van der Waals surface area contributed by atoms with E-state index in [4.69, 9.17) is 4.74 Å². The summed E-state index contributed by atoms with van der Waals surface area (Å²) in [7, 11) is 0. The number of fused-ring (bicyclic) bond motifs is 2. The van der Waals surface area contributed by atoms with Crippen molar-refractivity contribution in [2.45, 2.75) is 26.0 Å². The maximum absolute atomic E-state index is 11.0. The lowest BCUT2D eigenvalue weighted by Gasteiger charge is -2.35. The Bertz CT molecular complexity index is 1080. The Kier molecular flexibility index (Phi) is 5.29. The minimum Gasteiger partial charge on any atom is -0.490 e. The number of piperidine rings is 1. The summed E-state index contributed by atoms with van der Waals surface area (Å²) in [5.74, 6) is 1.17. The molecule has 0 saturated carbocycles. The van der Waals surface area contributed by atoms with Gasteiger partial charge in [-0.15, -0.1) is 0 Å². The maximum atomic E-state index is 11.0. The lowest BCUT2D eigenvalue weighted by atomic mass is 9.97. The molecule has 31 heavy (non-hydrogen) atoms. The monoisotopic (exact) mass is 424 g/mol. The SMILES string of the molecule is Cc1cnc2c(C(O)Nc3cc4c(cc3N3CCC(CO)CC3)OCCN4)cnn2c1. The molecule has 0 bridgehead atoms. The Labute approximate surface area is 180 Å². The van der Waals surface area contributed by atoms with Crippen molar-refractivity contribution in [2.75, 3.05) is 48.4 Å². The number of hydrogen-bond donors (Lipinski definition) is 4. The summed E-state index contributed by atoms with van der Waals surface area (Å²) in [4.78, 5) is 6.73. The summed E-state index contributed by atoms with van der Waals surface area (Å²) in [6.07, 6.45) is 6.20. The van der Waals surface area contributed by atoms with Crippen molar-refractivity contribution in [3.05, 3.63) is 41.9 Å². The Hall–Kier alpha value is -3.04. The van der Waals surface area contributed by atoms with E-state index in [1.54, 1.807) is 16.9 Å². The minimum absolute atomic E-state index is 0.232. The van der Waals surface area contributed by atoms with Crippen LogP contribution in [0.2, 0.25) is 0 Å². The van der Waals surface area contributed by atoms with Gasteiger partial charge in [0.1, 0.15) is 12.4 Å². The molecule has 4 heterocycles. The molecule has 2 aliphatic heterocycles. The average Bonchev–Trinajstić information content (AvgIpc) is 3.22. The molecule has 1 unspecified atom stereocenters. The fourth-order valence-electron chi connectivity index (χ4n) is 4.31. The third-order valence-corrected chi connectivity index (χ3v) is 6.09. The first-order chi connectivity index (χ1) is 15.1. The van der Waals surface area contributed by atoms with Crippen LogP contribution in [0.4, 0.5) is 17.1 Å². The van der Waals surface area contributed by atoms with E-state index in [0.29, 0.717) is 23.7 Å². The van der Waals surface area contributed by atoms with E-state index in [0.717, 1.165) is 60.9 Å². The van der Waals surface area contributed by atoms with Crippen LogP contribution in [0.15, 0.2) is 30.7 Å². The molecule has 0 amide bonds. The predicted octanol–water partition coefficient (Wildman–Crippen LogP) is 2.15. The lowest BCUT2D eigenvalue weighted by molar-refractivity contribution is 0.202. The number of ether oxygens (including phenoxy) is 1. The van der Waals surface area contributed by atoms with Crippen LogP contribution in [0.3, 0.4) is 0 Å². The van der Waals surface area contributed by atoms with Crippen molar-refractivity contribution >= 4 is 22.7 Å². The van der Waals surface area contributed by atoms with Gasteiger partial charge in [-0.3, -0.25) is 0 Å². The number of aliphatic hydroxyl groups is 2. The van der Waals surface area contributed by atoms with E-state index >= 15 is 0 Å². The average molecular weight is 425 g/mol.